The summed E-state index contributed by atoms with van der Waals surface area (Å²) in [7, 11) is 0. The Hall–Kier alpha value is -1.59. The van der Waals surface area contributed by atoms with E-state index in [0.29, 0.717) is 0 Å². The number of carbonyl (C=O) groups is 3. The predicted octanol–water partition coefficient (Wildman–Crippen LogP) is 0.417. The molecular formula is C8H12O6. The maximum Gasteiger partial charge on any atom is 0.303 e. The van der Waals surface area contributed by atoms with Crippen LogP contribution in [-0.4, -0.2) is 33.2 Å². The Balaban J connectivity index is 4.03. The van der Waals surface area contributed by atoms with E-state index in [1.54, 1.807) is 0 Å². The normalized spacial score (nSPS) is 10.1. The van der Waals surface area contributed by atoms with Crippen LogP contribution in [0.25, 0.3) is 0 Å². The summed E-state index contributed by atoms with van der Waals surface area (Å²) in [6.45, 7) is 0. The second-order valence-electron chi connectivity index (χ2n) is 2.99. The average molecular weight is 204 g/mol. The van der Waals surface area contributed by atoms with Crippen LogP contribution >= 0.6 is 0 Å². The molecule has 0 bridgehead atoms. The standard InChI is InChI=1S/C8H12O6/c9-6(10)2-1-5(3-7(11)12)4-8(13)14/h5H,1-4H2,(H,9,10)(H,11,12)(H,13,14). The number of hydrogen-bond donors (Lipinski definition) is 3. The van der Waals surface area contributed by atoms with Gasteiger partial charge in [0.25, 0.3) is 0 Å². The van der Waals surface area contributed by atoms with E-state index >= 15 is 0 Å². The van der Waals surface area contributed by atoms with Crippen LogP contribution in [0.3, 0.4) is 0 Å². The quantitative estimate of drug-likeness (QED) is 0.554. The minimum Gasteiger partial charge on any atom is -0.481 e. The zero-order valence-corrected chi connectivity index (χ0v) is 7.47. The molecular weight excluding hydrogens is 192 g/mol. The first-order valence-electron chi connectivity index (χ1n) is 4.07. The Kier molecular flexibility index (Phi) is 5.28. The molecule has 0 unspecified atom stereocenters. The van der Waals surface area contributed by atoms with Crippen molar-refractivity contribution in [1.29, 1.82) is 0 Å². The molecule has 0 rings (SSSR count). The van der Waals surface area contributed by atoms with Gasteiger partial charge in [0.05, 0.1) is 0 Å². The zero-order valence-electron chi connectivity index (χ0n) is 7.47. The van der Waals surface area contributed by atoms with Crippen molar-refractivity contribution in [2.24, 2.45) is 5.92 Å². The maximum absolute atomic E-state index is 10.3. The molecule has 0 spiro atoms. The molecule has 0 amide bonds. The van der Waals surface area contributed by atoms with Gasteiger partial charge < -0.3 is 15.3 Å². The first-order valence-corrected chi connectivity index (χ1v) is 4.07. The highest BCUT2D eigenvalue weighted by Crippen LogP contribution is 2.15. The van der Waals surface area contributed by atoms with E-state index in [0.717, 1.165) is 0 Å². The van der Waals surface area contributed by atoms with Gasteiger partial charge in [-0.15, -0.1) is 0 Å². The molecule has 3 N–H and O–H groups in total. The van der Waals surface area contributed by atoms with Crippen molar-refractivity contribution in [3.8, 4) is 0 Å². The number of hydrogen-bond acceptors (Lipinski definition) is 3. The smallest absolute Gasteiger partial charge is 0.303 e. The van der Waals surface area contributed by atoms with Crippen molar-refractivity contribution in [3.05, 3.63) is 0 Å². The molecule has 0 atom stereocenters. The topological polar surface area (TPSA) is 112 Å². The van der Waals surface area contributed by atoms with Crippen LogP contribution in [-0.2, 0) is 14.4 Å². The van der Waals surface area contributed by atoms with Crippen molar-refractivity contribution < 1.29 is 29.7 Å². The molecule has 0 saturated heterocycles. The van der Waals surface area contributed by atoms with Crippen LogP contribution in [0.15, 0.2) is 0 Å². The lowest BCUT2D eigenvalue weighted by atomic mass is 9.96. The molecule has 14 heavy (non-hydrogen) atoms. The van der Waals surface area contributed by atoms with E-state index in [9.17, 15) is 14.4 Å². The number of carboxylic acids is 3. The summed E-state index contributed by atoms with van der Waals surface area (Å²) < 4.78 is 0. The van der Waals surface area contributed by atoms with Crippen LogP contribution in [0.1, 0.15) is 25.7 Å². The Morgan fingerprint density at radius 2 is 1.29 bits per heavy atom. The van der Waals surface area contributed by atoms with Crippen LogP contribution in [0.5, 0.6) is 0 Å². The lowest BCUT2D eigenvalue weighted by molar-refractivity contribution is -0.143. The van der Waals surface area contributed by atoms with Gasteiger partial charge in [-0.25, -0.2) is 0 Å². The van der Waals surface area contributed by atoms with Gasteiger partial charge in [0.1, 0.15) is 0 Å². The van der Waals surface area contributed by atoms with E-state index in [2.05, 4.69) is 0 Å². The van der Waals surface area contributed by atoms with Gasteiger partial charge in [0, 0.05) is 19.3 Å². The fraction of sp³-hybridized carbons (Fsp3) is 0.625. The molecule has 0 heterocycles. The first-order chi connectivity index (χ1) is 6.41. The second kappa shape index (κ2) is 5.95. The molecule has 0 aliphatic carbocycles. The molecule has 0 aromatic carbocycles. The third-order valence-corrected chi connectivity index (χ3v) is 1.69. The fourth-order valence-corrected chi connectivity index (χ4v) is 1.10. The van der Waals surface area contributed by atoms with Crippen LogP contribution in [0, 0.1) is 5.92 Å². The van der Waals surface area contributed by atoms with Crippen LogP contribution in [0.4, 0.5) is 0 Å². The van der Waals surface area contributed by atoms with E-state index in [4.69, 9.17) is 15.3 Å². The highest BCUT2D eigenvalue weighted by Gasteiger charge is 2.17. The van der Waals surface area contributed by atoms with Crippen molar-refractivity contribution in [3.63, 3.8) is 0 Å². The molecule has 0 aromatic heterocycles. The summed E-state index contributed by atoms with van der Waals surface area (Å²) in [6.07, 6.45) is -0.738. The van der Waals surface area contributed by atoms with Crippen LogP contribution < -0.4 is 0 Å². The Morgan fingerprint density at radius 1 is 0.857 bits per heavy atom. The van der Waals surface area contributed by atoms with Crippen molar-refractivity contribution in [1.82, 2.24) is 0 Å². The zero-order chi connectivity index (χ0) is 11.1. The van der Waals surface area contributed by atoms with Gasteiger partial charge in [-0.2, -0.15) is 0 Å². The summed E-state index contributed by atoms with van der Waals surface area (Å²) >= 11 is 0. The summed E-state index contributed by atoms with van der Waals surface area (Å²) in [6, 6.07) is 0. The number of aliphatic carboxylic acids is 3. The van der Waals surface area contributed by atoms with Gasteiger partial charge in [-0.1, -0.05) is 0 Å². The molecule has 0 aliphatic heterocycles. The summed E-state index contributed by atoms with van der Waals surface area (Å²) in [5.74, 6) is -3.88. The highest BCUT2D eigenvalue weighted by atomic mass is 16.4. The highest BCUT2D eigenvalue weighted by molar-refractivity contribution is 5.71. The third-order valence-electron chi connectivity index (χ3n) is 1.69. The molecule has 6 nitrogen and oxygen atoms in total. The Bertz CT molecular complexity index is 218. The molecule has 0 aliphatic rings. The second-order valence-corrected chi connectivity index (χ2v) is 2.99. The molecule has 0 saturated carbocycles. The first kappa shape index (κ1) is 12.4. The van der Waals surface area contributed by atoms with Gasteiger partial charge >= 0.3 is 17.9 Å². The Morgan fingerprint density at radius 3 is 1.57 bits per heavy atom. The van der Waals surface area contributed by atoms with Crippen molar-refractivity contribution in [2.75, 3.05) is 0 Å². The van der Waals surface area contributed by atoms with Crippen molar-refractivity contribution in [2.45, 2.75) is 25.7 Å². The van der Waals surface area contributed by atoms with Crippen LogP contribution in [0.2, 0.25) is 0 Å². The van der Waals surface area contributed by atoms with E-state index in [1.165, 1.54) is 0 Å². The fourth-order valence-electron chi connectivity index (χ4n) is 1.10. The minimum atomic E-state index is -1.11. The van der Waals surface area contributed by atoms with Gasteiger partial charge in [-0.3, -0.25) is 14.4 Å². The molecule has 0 aromatic rings. The van der Waals surface area contributed by atoms with Gasteiger partial charge in [0.15, 0.2) is 0 Å². The summed E-state index contributed by atoms with van der Waals surface area (Å²) in [4.78, 5) is 30.8. The van der Waals surface area contributed by atoms with E-state index < -0.39 is 23.8 Å². The lowest BCUT2D eigenvalue weighted by Crippen LogP contribution is -2.14. The summed E-state index contributed by atoms with van der Waals surface area (Å²) in [5, 5.41) is 25.2. The van der Waals surface area contributed by atoms with E-state index in [1.807, 2.05) is 0 Å². The average Bonchev–Trinajstić information content (AvgIpc) is 1.97. The SMILES string of the molecule is O=C(O)CCC(CC(=O)O)CC(=O)O. The molecule has 80 valence electrons. The van der Waals surface area contributed by atoms with E-state index in [-0.39, 0.29) is 25.7 Å². The van der Waals surface area contributed by atoms with Gasteiger partial charge in [-0.05, 0) is 12.3 Å². The lowest BCUT2D eigenvalue weighted by Gasteiger charge is -2.09. The third kappa shape index (κ3) is 7.08. The monoisotopic (exact) mass is 204 g/mol. The maximum atomic E-state index is 10.3. The van der Waals surface area contributed by atoms with Gasteiger partial charge in [0.2, 0.25) is 0 Å². The largest absolute Gasteiger partial charge is 0.481 e. The number of carboxylic acid groups (broad SMARTS) is 3. The predicted molar refractivity (Wildman–Crippen MR) is 44.9 cm³/mol. The van der Waals surface area contributed by atoms with Crippen molar-refractivity contribution >= 4 is 17.9 Å². The summed E-state index contributed by atoms with van der Waals surface area (Å²) in [5.41, 5.74) is 0. The number of rotatable bonds is 7. The Labute approximate surface area is 80.2 Å². The molecule has 0 radical (unpaired) electrons. The molecule has 6 heteroatoms. The minimum absolute atomic E-state index is 0.0773. The molecule has 0 fully saturated rings.